The fourth-order valence-corrected chi connectivity index (χ4v) is 3.33. The molecular formula is C15H23BrFN3S. The van der Waals surface area contributed by atoms with Crippen LogP contribution in [0.3, 0.4) is 0 Å². The van der Waals surface area contributed by atoms with E-state index in [1.807, 2.05) is 0 Å². The first-order valence-corrected chi connectivity index (χ1v) is 8.77. The van der Waals surface area contributed by atoms with Crippen LogP contribution in [0, 0.1) is 5.82 Å². The molecule has 1 aromatic rings. The van der Waals surface area contributed by atoms with Crippen molar-refractivity contribution in [2.24, 2.45) is 0 Å². The molecule has 118 valence electrons. The minimum absolute atomic E-state index is 0.297. The number of nitrogens with one attached hydrogen (secondary N) is 3. The zero-order valence-corrected chi connectivity index (χ0v) is 14.6. The van der Waals surface area contributed by atoms with Gasteiger partial charge in [0.25, 0.3) is 0 Å². The number of hydrogen-bond donors (Lipinski definition) is 4. The molecule has 3 nitrogen and oxygen atoms in total. The first-order chi connectivity index (χ1) is 10.2. The van der Waals surface area contributed by atoms with E-state index in [0.717, 1.165) is 49.2 Å². The monoisotopic (exact) mass is 375 g/mol. The second-order valence-electron chi connectivity index (χ2n) is 5.41. The van der Waals surface area contributed by atoms with Gasteiger partial charge in [0.2, 0.25) is 0 Å². The summed E-state index contributed by atoms with van der Waals surface area (Å²) >= 11 is 7.47. The summed E-state index contributed by atoms with van der Waals surface area (Å²) in [6.45, 7) is 4.10. The molecule has 0 unspecified atom stereocenters. The summed E-state index contributed by atoms with van der Waals surface area (Å²) in [4.78, 5) is 0.358. The van der Waals surface area contributed by atoms with Gasteiger partial charge in [0.05, 0.1) is 5.69 Å². The van der Waals surface area contributed by atoms with E-state index in [9.17, 15) is 4.39 Å². The van der Waals surface area contributed by atoms with Crippen LogP contribution in [0.5, 0.6) is 0 Å². The number of halogens is 2. The summed E-state index contributed by atoms with van der Waals surface area (Å²) in [7, 11) is 0. The van der Waals surface area contributed by atoms with Gasteiger partial charge < -0.3 is 16.0 Å². The van der Waals surface area contributed by atoms with Gasteiger partial charge in [0, 0.05) is 28.5 Å². The molecule has 1 aliphatic rings. The van der Waals surface area contributed by atoms with Crippen molar-refractivity contribution in [2.45, 2.75) is 36.6 Å². The van der Waals surface area contributed by atoms with Gasteiger partial charge in [0.1, 0.15) is 5.82 Å². The minimum Gasteiger partial charge on any atom is -0.384 e. The highest BCUT2D eigenvalue weighted by Gasteiger charge is 2.12. The Labute approximate surface area is 140 Å². The van der Waals surface area contributed by atoms with Gasteiger partial charge in [-0.3, -0.25) is 0 Å². The van der Waals surface area contributed by atoms with Crippen LogP contribution in [-0.2, 0) is 0 Å². The van der Waals surface area contributed by atoms with Gasteiger partial charge in [-0.05, 0) is 66.8 Å². The Morgan fingerprint density at radius 1 is 1.33 bits per heavy atom. The third kappa shape index (κ3) is 5.77. The lowest BCUT2D eigenvalue weighted by molar-refractivity contribution is 0.526. The lowest BCUT2D eigenvalue weighted by atomic mass is 10.2. The average Bonchev–Trinajstić information content (AvgIpc) is 2.96. The van der Waals surface area contributed by atoms with Crippen LogP contribution < -0.4 is 16.0 Å². The maximum Gasteiger partial charge on any atom is 0.138 e. The smallest absolute Gasteiger partial charge is 0.138 e. The molecule has 0 aromatic heterocycles. The lowest BCUT2D eigenvalue weighted by Crippen LogP contribution is -2.34. The average molecular weight is 376 g/mol. The molecule has 0 bridgehead atoms. The van der Waals surface area contributed by atoms with Crippen molar-refractivity contribution in [2.75, 3.05) is 31.5 Å². The third-order valence-corrected chi connectivity index (χ3v) is 4.68. The summed E-state index contributed by atoms with van der Waals surface area (Å²) in [6, 6.07) is 3.81. The van der Waals surface area contributed by atoms with Gasteiger partial charge >= 0.3 is 0 Å². The Balaban J connectivity index is 1.56. The van der Waals surface area contributed by atoms with Crippen molar-refractivity contribution in [1.29, 1.82) is 0 Å². The molecule has 1 fully saturated rings. The van der Waals surface area contributed by atoms with Gasteiger partial charge in [-0.1, -0.05) is 0 Å². The SMILES string of the molecule is Fc1cc(NCCCCNC[C@@H]2CCCN2)c(Br)cc1S. The van der Waals surface area contributed by atoms with Crippen molar-refractivity contribution in [3.8, 4) is 0 Å². The molecule has 3 N–H and O–H groups in total. The van der Waals surface area contributed by atoms with E-state index in [4.69, 9.17) is 0 Å². The highest BCUT2D eigenvalue weighted by molar-refractivity contribution is 9.10. The van der Waals surface area contributed by atoms with Crippen LogP contribution in [0.4, 0.5) is 10.1 Å². The number of thiol groups is 1. The number of hydrogen-bond acceptors (Lipinski definition) is 4. The van der Waals surface area contributed by atoms with Crippen LogP contribution >= 0.6 is 28.6 Å². The van der Waals surface area contributed by atoms with E-state index >= 15 is 0 Å². The Morgan fingerprint density at radius 3 is 2.90 bits per heavy atom. The van der Waals surface area contributed by atoms with Crippen LogP contribution in [0.2, 0.25) is 0 Å². The Hall–Kier alpha value is -0.300. The van der Waals surface area contributed by atoms with Gasteiger partial charge in [-0.25, -0.2) is 4.39 Å². The van der Waals surface area contributed by atoms with E-state index in [-0.39, 0.29) is 5.82 Å². The summed E-state index contributed by atoms with van der Waals surface area (Å²) < 4.78 is 14.3. The molecular weight excluding hydrogens is 353 g/mol. The lowest BCUT2D eigenvalue weighted by Gasteiger charge is -2.12. The summed E-state index contributed by atoms with van der Waals surface area (Å²) in [6.07, 6.45) is 4.76. The second kappa shape index (κ2) is 8.98. The van der Waals surface area contributed by atoms with Gasteiger partial charge in [-0.2, -0.15) is 0 Å². The van der Waals surface area contributed by atoms with Crippen LogP contribution in [0.25, 0.3) is 0 Å². The second-order valence-corrected chi connectivity index (χ2v) is 6.75. The van der Waals surface area contributed by atoms with Crippen molar-refractivity contribution in [3.05, 3.63) is 22.4 Å². The first-order valence-electron chi connectivity index (χ1n) is 7.53. The Bertz CT molecular complexity index is 453. The highest BCUT2D eigenvalue weighted by Crippen LogP contribution is 2.27. The van der Waals surface area contributed by atoms with Gasteiger partial charge in [0.15, 0.2) is 0 Å². The molecule has 0 aliphatic carbocycles. The molecule has 2 rings (SSSR count). The highest BCUT2D eigenvalue weighted by atomic mass is 79.9. The minimum atomic E-state index is -0.297. The molecule has 0 saturated carbocycles. The summed E-state index contributed by atoms with van der Waals surface area (Å²) in [5.74, 6) is -0.297. The molecule has 1 atom stereocenters. The number of benzene rings is 1. The molecule has 1 aromatic carbocycles. The van der Waals surface area contributed by atoms with Crippen molar-refractivity contribution in [3.63, 3.8) is 0 Å². The zero-order chi connectivity index (χ0) is 15.1. The molecule has 0 amide bonds. The largest absolute Gasteiger partial charge is 0.384 e. The predicted octanol–water partition coefficient (Wildman–Crippen LogP) is 3.41. The Morgan fingerprint density at radius 2 is 2.14 bits per heavy atom. The number of rotatable bonds is 8. The Kier molecular flexibility index (Phi) is 7.29. The quantitative estimate of drug-likeness (QED) is 0.415. The molecule has 21 heavy (non-hydrogen) atoms. The van der Waals surface area contributed by atoms with E-state index in [0.29, 0.717) is 10.9 Å². The maximum absolute atomic E-state index is 13.4. The molecule has 6 heteroatoms. The standard InChI is InChI=1S/C15H23BrFN3S/c16-12-8-15(21)13(17)9-14(12)20-6-2-1-5-18-10-11-4-3-7-19-11/h8-9,11,18-21H,1-7,10H2/t11-/m0/s1. The fraction of sp³-hybridized carbons (Fsp3) is 0.600. The van der Waals surface area contributed by atoms with Crippen LogP contribution in [-0.4, -0.2) is 32.2 Å². The van der Waals surface area contributed by atoms with Crippen LogP contribution in [0.1, 0.15) is 25.7 Å². The maximum atomic E-state index is 13.4. The van der Waals surface area contributed by atoms with Crippen LogP contribution in [0.15, 0.2) is 21.5 Å². The zero-order valence-electron chi connectivity index (χ0n) is 12.1. The third-order valence-electron chi connectivity index (χ3n) is 3.69. The van der Waals surface area contributed by atoms with Crippen molar-refractivity contribution in [1.82, 2.24) is 10.6 Å². The molecule has 0 spiro atoms. The van der Waals surface area contributed by atoms with E-state index in [2.05, 4.69) is 44.5 Å². The summed E-state index contributed by atoms with van der Waals surface area (Å²) in [5, 5.41) is 10.2. The van der Waals surface area contributed by atoms with E-state index < -0.39 is 0 Å². The van der Waals surface area contributed by atoms with E-state index in [1.165, 1.54) is 18.9 Å². The molecule has 1 saturated heterocycles. The predicted molar refractivity (Wildman–Crippen MR) is 93.0 cm³/mol. The molecule has 0 radical (unpaired) electrons. The number of anilines is 1. The van der Waals surface area contributed by atoms with Gasteiger partial charge in [-0.15, -0.1) is 12.6 Å². The molecule has 1 heterocycles. The summed E-state index contributed by atoms with van der Waals surface area (Å²) in [5.41, 5.74) is 0.786. The van der Waals surface area contributed by atoms with E-state index in [1.54, 1.807) is 6.07 Å². The van der Waals surface area contributed by atoms with Crippen molar-refractivity contribution >= 4 is 34.2 Å². The van der Waals surface area contributed by atoms with Crippen molar-refractivity contribution < 1.29 is 4.39 Å². The normalized spacial score (nSPS) is 18.1. The first kappa shape index (κ1) is 17.1. The topological polar surface area (TPSA) is 36.1 Å². The number of unbranched alkanes of at least 4 members (excludes halogenated alkanes) is 1. The fourth-order valence-electron chi connectivity index (χ4n) is 2.48. The molecule has 1 aliphatic heterocycles.